The number of aromatic hydroxyl groups is 1. The highest BCUT2D eigenvalue weighted by Crippen LogP contribution is 2.32. The first-order valence-electron chi connectivity index (χ1n) is 7.15. The molecular weight excluding hydrogens is 456 g/mol. The highest BCUT2D eigenvalue weighted by atomic mass is 79.9. The van der Waals surface area contributed by atoms with Crippen LogP contribution >= 0.6 is 31.9 Å². The van der Waals surface area contributed by atoms with Gasteiger partial charge in [0.2, 0.25) is 5.91 Å². The van der Waals surface area contributed by atoms with Crippen molar-refractivity contribution in [2.45, 2.75) is 6.42 Å². The molecule has 2 aromatic carbocycles. The number of phenolic OH excluding ortho intramolecular Hbond substituents is 1. The molecule has 2 N–H and O–H groups in total. The molecule has 1 amide bonds. The van der Waals surface area contributed by atoms with Crippen molar-refractivity contribution in [2.75, 3.05) is 14.2 Å². The molecule has 25 heavy (non-hydrogen) atoms. The number of methoxy groups -OCH3 is 2. The molecule has 0 atom stereocenters. The fourth-order valence-corrected chi connectivity index (χ4v) is 3.28. The normalized spacial score (nSPS) is 10.7. The molecular formula is C17H16Br2N2O4. The van der Waals surface area contributed by atoms with Crippen LogP contribution in [0, 0.1) is 0 Å². The van der Waals surface area contributed by atoms with E-state index in [4.69, 9.17) is 9.47 Å². The molecule has 0 saturated carbocycles. The smallest absolute Gasteiger partial charge is 0.244 e. The zero-order valence-electron chi connectivity index (χ0n) is 13.5. The summed E-state index contributed by atoms with van der Waals surface area (Å²) in [6.07, 6.45) is 1.64. The lowest BCUT2D eigenvalue weighted by molar-refractivity contribution is -0.120. The van der Waals surface area contributed by atoms with E-state index in [1.165, 1.54) is 6.21 Å². The first-order chi connectivity index (χ1) is 11.9. The summed E-state index contributed by atoms with van der Waals surface area (Å²) in [6, 6.07) is 8.65. The Morgan fingerprint density at radius 1 is 1.16 bits per heavy atom. The molecule has 0 spiro atoms. The van der Waals surface area contributed by atoms with Gasteiger partial charge in [-0.2, -0.15) is 5.10 Å². The van der Waals surface area contributed by atoms with Crippen molar-refractivity contribution in [1.82, 2.24) is 5.43 Å². The van der Waals surface area contributed by atoms with Gasteiger partial charge in [-0.25, -0.2) is 5.43 Å². The van der Waals surface area contributed by atoms with Crippen LogP contribution in [0.1, 0.15) is 11.1 Å². The molecule has 0 aromatic heterocycles. The Hall–Kier alpha value is -2.06. The molecule has 2 rings (SSSR count). The van der Waals surface area contributed by atoms with Crippen LogP contribution in [0.25, 0.3) is 0 Å². The van der Waals surface area contributed by atoms with Crippen LogP contribution in [-0.4, -0.2) is 31.4 Å². The molecule has 0 aliphatic heterocycles. The van der Waals surface area contributed by atoms with Crippen molar-refractivity contribution < 1.29 is 19.4 Å². The molecule has 0 unspecified atom stereocenters. The van der Waals surface area contributed by atoms with Gasteiger partial charge in [-0.1, -0.05) is 6.07 Å². The summed E-state index contributed by atoms with van der Waals surface area (Å²) in [7, 11) is 3.10. The molecule has 0 aliphatic rings. The number of amides is 1. The summed E-state index contributed by atoms with van der Waals surface area (Å²) < 4.78 is 11.4. The topological polar surface area (TPSA) is 80.2 Å². The number of halogens is 2. The number of nitrogens with zero attached hydrogens (tertiary/aromatic N) is 1. The number of carbonyl (C=O) groups is 1. The predicted molar refractivity (Wildman–Crippen MR) is 102 cm³/mol. The first-order valence-corrected chi connectivity index (χ1v) is 8.74. The number of benzene rings is 2. The Morgan fingerprint density at radius 2 is 1.80 bits per heavy atom. The molecule has 8 heteroatoms. The van der Waals surface area contributed by atoms with Crippen molar-refractivity contribution >= 4 is 44.0 Å². The van der Waals surface area contributed by atoms with Gasteiger partial charge in [0.25, 0.3) is 0 Å². The van der Waals surface area contributed by atoms with Crippen molar-refractivity contribution in [3.05, 3.63) is 50.4 Å². The molecule has 0 heterocycles. The van der Waals surface area contributed by atoms with E-state index in [1.807, 2.05) is 0 Å². The summed E-state index contributed by atoms with van der Waals surface area (Å²) in [6.45, 7) is 0. The van der Waals surface area contributed by atoms with E-state index < -0.39 is 0 Å². The average Bonchev–Trinajstić information content (AvgIpc) is 2.59. The van der Waals surface area contributed by atoms with Gasteiger partial charge in [-0.3, -0.25) is 4.79 Å². The molecule has 132 valence electrons. The molecule has 0 bridgehead atoms. The molecule has 0 saturated heterocycles. The van der Waals surface area contributed by atoms with Gasteiger partial charge < -0.3 is 14.6 Å². The maximum absolute atomic E-state index is 12.0. The number of carbonyl (C=O) groups excluding carboxylic acids is 1. The number of ether oxygens (including phenoxy) is 2. The standard InChI is InChI=1S/C17H16Br2N2O4/c1-24-14-4-3-10(7-15(14)25-2)8-16(22)21-20-9-11-5-12(18)17(23)13(19)6-11/h3-7,9,23H,8H2,1-2H3,(H,21,22)/b20-9+. The van der Waals surface area contributed by atoms with Crippen LogP contribution in [0.15, 0.2) is 44.4 Å². The zero-order chi connectivity index (χ0) is 18.4. The largest absolute Gasteiger partial charge is 0.506 e. The second-order valence-electron chi connectivity index (χ2n) is 4.99. The summed E-state index contributed by atoms with van der Waals surface area (Å²) in [5.74, 6) is 1.01. The molecule has 0 fully saturated rings. The van der Waals surface area contributed by atoms with E-state index in [9.17, 15) is 9.90 Å². The number of hydrogen-bond donors (Lipinski definition) is 2. The maximum atomic E-state index is 12.0. The van der Waals surface area contributed by atoms with Crippen LogP contribution in [0.4, 0.5) is 0 Å². The predicted octanol–water partition coefficient (Wildman–Crippen LogP) is 3.63. The Kier molecular flexibility index (Phi) is 6.83. The van der Waals surface area contributed by atoms with Gasteiger partial charge in [0.15, 0.2) is 11.5 Å². The lowest BCUT2D eigenvalue weighted by Gasteiger charge is -2.09. The number of rotatable bonds is 6. The fourth-order valence-electron chi connectivity index (χ4n) is 2.05. The number of nitrogens with one attached hydrogen (secondary N) is 1. The van der Waals surface area contributed by atoms with Crippen LogP contribution in [-0.2, 0) is 11.2 Å². The van der Waals surface area contributed by atoms with E-state index in [0.29, 0.717) is 26.0 Å². The number of hydrogen-bond acceptors (Lipinski definition) is 5. The van der Waals surface area contributed by atoms with Crippen LogP contribution in [0.2, 0.25) is 0 Å². The minimum atomic E-state index is -0.264. The lowest BCUT2D eigenvalue weighted by atomic mass is 10.1. The quantitative estimate of drug-likeness (QED) is 0.498. The van der Waals surface area contributed by atoms with Crippen LogP contribution in [0.5, 0.6) is 17.2 Å². The average molecular weight is 472 g/mol. The van der Waals surface area contributed by atoms with Crippen molar-refractivity contribution in [1.29, 1.82) is 0 Å². The third kappa shape index (κ3) is 5.20. The second kappa shape index (κ2) is 8.87. The van der Waals surface area contributed by atoms with Gasteiger partial charge in [-0.05, 0) is 67.3 Å². The highest BCUT2D eigenvalue weighted by Gasteiger charge is 2.08. The Bertz CT molecular complexity index is 786. The minimum Gasteiger partial charge on any atom is -0.506 e. The Morgan fingerprint density at radius 3 is 2.40 bits per heavy atom. The van der Waals surface area contributed by atoms with Crippen molar-refractivity contribution in [3.63, 3.8) is 0 Å². The van der Waals surface area contributed by atoms with Crippen molar-refractivity contribution in [3.8, 4) is 17.2 Å². The summed E-state index contributed by atoms with van der Waals surface area (Å²) in [5, 5.41) is 13.6. The summed E-state index contributed by atoms with van der Waals surface area (Å²) in [4.78, 5) is 12.0. The van der Waals surface area contributed by atoms with Crippen LogP contribution < -0.4 is 14.9 Å². The minimum absolute atomic E-state index is 0.106. The van der Waals surface area contributed by atoms with E-state index in [-0.39, 0.29) is 18.1 Å². The molecule has 0 radical (unpaired) electrons. The van der Waals surface area contributed by atoms with Crippen LogP contribution in [0.3, 0.4) is 0 Å². The fraction of sp³-hybridized carbons (Fsp3) is 0.176. The van der Waals surface area contributed by atoms with Gasteiger partial charge in [0.1, 0.15) is 5.75 Å². The SMILES string of the molecule is COc1ccc(CC(=O)N/N=C/c2cc(Br)c(O)c(Br)c2)cc1OC. The monoisotopic (exact) mass is 470 g/mol. The number of phenols is 1. The van der Waals surface area contributed by atoms with E-state index >= 15 is 0 Å². The zero-order valence-corrected chi connectivity index (χ0v) is 16.7. The van der Waals surface area contributed by atoms with Gasteiger partial charge in [-0.15, -0.1) is 0 Å². The summed E-state index contributed by atoms with van der Waals surface area (Å²) in [5.41, 5.74) is 3.95. The highest BCUT2D eigenvalue weighted by molar-refractivity contribution is 9.11. The summed E-state index contributed by atoms with van der Waals surface area (Å²) >= 11 is 6.47. The second-order valence-corrected chi connectivity index (χ2v) is 6.70. The van der Waals surface area contributed by atoms with Gasteiger partial charge in [0.05, 0.1) is 35.8 Å². The van der Waals surface area contributed by atoms with E-state index in [0.717, 1.165) is 5.56 Å². The maximum Gasteiger partial charge on any atom is 0.244 e. The van der Waals surface area contributed by atoms with Gasteiger partial charge in [0, 0.05) is 0 Å². The third-order valence-corrected chi connectivity index (χ3v) is 4.46. The Labute approximate surface area is 162 Å². The first kappa shape index (κ1) is 19.3. The lowest BCUT2D eigenvalue weighted by Crippen LogP contribution is -2.19. The Balaban J connectivity index is 1.99. The van der Waals surface area contributed by atoms with E-state index in [2.05, 4.69) is 42.4 Å². The molecule has 0 aliphatic carbocycles. The van der Waals surface area contributed by atoms with Gasteiger partial charge >= 0.3 is 0 Å². The molecule has 2 aromatic rings. The third-order valence-electron chi connectivity index (χ3n) is 3.25. The van der Waals surface area contributed by atoms with Crippen molar-refractivity contribution in [2.24, 2.45) is 5.10 Å². The van der Waals surface area contributed by atoms with E-state index in [1.54, 1.807) is 44.6 Å². The number of hydrazone groups is 1. The molecule has 6 nitrogen and oxygen atoms in total.